The van der Waals surface area contributed by atoms with E-state index in [0.29, 0.717) is 0 Å². The Morgan fingerprint density at radius 2 is 1.47 bits per heavy atom. The van der Waals surface area contributed by atoms with Crippen molar-refractivity contribution in [3.05, 3.63) is 96.3 Å². The van der Waals surface area contributed by atoms with Crippen LogP contribution in [-0.4, -0.2) is 48.8 Å². The molecule has 1 aliphatic heterocycles. The molecule has 3 aromatic carbocycles. The third-order valence-corrected chi connectivity index (χ3v) is 12.4. The molecular formula is C31H38FNO4Si. The first-order valence-electron chi connectivity index (χ1n) is 13.1. The molecule has 0 bridgehead atoms. The molecule has 202 valence electrons. The van der Waals surface area contributed by atoms with Gasteiger partial charge in [-0.2, -0.15) is 0 Å². The minimum Gasteiger partial charge on any atom is -0.402 e. The summed E-state index contributed by atoms with van der Waals surface area (Å²) in [7, 11) is -2.96. The first-order valence-corrected chi connectivity index (χ1v) is 15.0. The fraction of sp³-hybridized carbons (Fsp3) is 0.387. The van der Waals surface area contributed by atoms with E-state index >= 15 is 0 Å². The van der Waals surface area contributed by atoms with Crippen molar-refractivity contribution in [2.24, 2.45) is 0 Å². The number of hydrogen-bond acceptors (Lipinski definition) is 4. The van der Waals surface area contributed by atoms with Gasteiger partial charge in [-0.15, -0.1) is 0 Å². The molecule has 7 heteroatoms. The Hall–Kier alpha value is -2.84. The number of halogens is 1. The van der Waals surface area contributed by atoms with E-state index in [1.54, 1.807) is 17.0 Å². The maximum atomic E-state index is 14.0. The van der Waals surface area contributed by atoms with Crippen molar-refractivity contribution in [3.8, 4) is 0 Å². The summed E-state index contributed by atoms with van der Waals surface area (Å²) in [6, 6.07) is 26.2. The molecule has 0 aromatic heterocycles. The first-order chi connectivity index (χ1) is 17.9. The molecule has 1 fully saturated rings. The van der Waals surface area contributed by atoms with Crippen LogP contribution in [-0.2, 0) is 14.0 Å². The number of benzene rings is 3. The van der Waals surface area contributed by atoms with Crippen molar-refractivity contribution in [2.45, 2.75) is 70.6 Å². The van der Waals surface area contributed by atoms with Gasteiger partial charge < -0.3 is 19.2 Å². The number of hydrogen-bond donors (Lipinski definition) is 1. The lowest BCUT2D eigenvalue weighted by molar-refractivity contribution is -0.226. The molecule has 1 heterocycles. The van der Waals surface area contributed by atoms with Gasteiger partial charge in [-0.3, -0.25) is 4.79 Å². The highest BCUT2D eigenvalue weighted by Crippen LogP contribution is 2.41. The number of aliphatic hydroxyl groups excluding tert-OH is 1. The van der Waals surface area contributed by atoms with Crippen LogP contribution in [0.15, 0.2) is 84.9 Å². The van der Waals surface area contributed by atoms with Gasteiger partial charge in [-0.05, 0) is 53.9 Å². The van der Waals surface area contributed by atoms with E-state index in [2.05, 4.69) is 45.0 Å². The molecule has 1 N–H and O–H groups in total. The fourth-order valence-corrected chi connectivity index (χ4v) is 10.4. The van der Waals surface area contributed by atoms with Crippen molar-refractivity contribution in [3.63, 3.8) is 0 Å². The van der Waals surface area contributed by atoms with Gasteiger partial charge >= 0.3 is 0 Å². The third kappa shape index (κ3) is 5.47. The zero-order chi connectivity index (χ0) is 27.7. The zero-order valence-corrected chi connectivity index (χ0v) is 24.0. The highest BCUT2D eigenvalue weighted by atomic mass is 28.4. The Labute approximate surface area is 226 Å². The number of nitrogens with zero attached hydrogens (tertiary/aromatic N) is 1. The predicted molar refractivity (Wildman–Crippen MR) is 150 cm³/mol. The lowest BCUT2D eigenvalue weighted by atomic mass is 9.96. The smallest absolute Gasteiger partial charge is 0.280 e. The molecule has 1 aliphatic rings. The molecule has 3 unspecified atom stereocenters. The Bertz CT molecular complexity index is 1190. The molecule has 4 rings (SSSR count). The standard InChI is InChI=1S/C31H38FNO4Si/c1-22(27(23-17-19-24(32)20-18-23)33-21-31(5,6)36-29(35)28(33)34)37-38(30(2,3)4,25-13-9-7-10-14-25)26-15-11-8-12-16-26/h7-20,22,27,29,35H,21H2,1-6H3. The van der Waals surface area contributed by atoms with Crippen molar-refractivity contribution in [1.29, 1.82) is 0 Å². The van der Waals surface area contributed by atoms with Crippen LogP contribution in [0, 0.1) is 5.82 Å². The average Bonchev–Trinajstić information content (AvgIpc) is 2.86. The van der Waals surface area contributed by atoms with E-state index in [1.807, 2.05) is 57.2 Å². The summed E-state index contributed by atoms with van der Waals surface area (Å²) >= 11 is 0. The molecule has 38 heavy (non-hydrogen) atoms. The maximum Gasteiger partial charge on any atom is 0.280 e. The summed E-state index contributed by atoms with van der Waals surface area (Å²) in [6.07, 6.45) is -2.08. The SMILES string of the molecule is CC(O[Si](c1ccccc1)(c1ccccc1)C(C)(C)C)C(c1ccc(F)cc1)N1CC(C)(C)OC(O)C1=O. The molecule has 3 atom stereocenters. The van der Waals surface area contributed by atoms with Gasteiger partial charge in [-0.25, -0.2) is 4.39 Å². The fourth-order valence-electron chi connectivity index (χ4n) is 5.65. The normalized spacial score (nSPS) is 19.7. The number of ether oxygens (including phenoxy) is 1. The summed E-state index contributed by atoms with van der Waals surface area (Å²) in [6.45, 7) is 12.5. The molecule has 1 amide bonds. The average molecular weight is 536 g/mol. The highest BCUT2D eigenvalue weighted by Gasteiger charge is 2.53. The number of aliphatic hydroxyl groups is 1. The lowest BCUT2D eigenvalue weighted by Gasteiger charge is -2.49. The van der Waals surface area contributed by atoms with Crippen LogP contribution in [0.4, 0.5) is 4.39 Å². The summed E-state index contributed by atoms with van der Waals surface area (Å²) in [5.74, 6) is -0.890. The highest BCUT2D eigenvalue weighted by molar-refractivity contribution is 6.99. The quantitative estimate of drug-likeness (QED) is 0.442. The number of carbonyl (C=O) groups excluding carboxylic acids is 1. The van der Waals surface area contributed by atoms with Gasteiger partial charge in [0.15, 0.2) is 0 Å². The largest absolute Gasteiger partial charge is 0.402 e. The van der Waals surface area contributed by atoms with Crippen molar-refractivity contribution in [1.82, 2.24) is 4.90 Å². The van der Waals surface area contributed by atoms with Crippen LogP contribution in [0.3, 0.4) is 0 Å². The summed E-state index contributed by atoms with van der Waals surface area (Å²) in [5.41, 5.74) is -0.0435. The van der Waals surface area contributed by atoms with Crippen molar-refractivity contribution in [2.75, 3.05) is 6.54 Å². The summed E-state index contributed by atoms with van der Waals surface area (Å²) < 4.78 is 26.9. The molecule has 0 spiro atoms. The van der Waals surface area contributed by atoms with Gasteiger partial charge in [0.1, 0.15) is 5.82 Å². The predicted octanol–water partition coefficient (Wildman–Crippen LogP) is 4.79. The topological polar surface area (TPSA) is 59.0 Å². The number of rotatable bonds is 7. The van der Waals surface area contributed by atoms with Crippen LogP contribution >= 0.6 is 0 Å². The minimum atomic E-state index is -2.96. The Kier molecular flexibility index (Phi) is 7.96. The van der Waals surface area contributed by atoms with Gasteiger partial charge in [0.05, 0.1) is 24.3 Å². The number of amides is 1. The first kappa shape index (κ1) is 28.2. The van der Waals surface area contributed by atoms with E-state index < -0.39 is 38.3 Å². The monoisotopic (exact) mass is 535 g/mol. The van der Waals surface area contributed by atoms with E-state index in [1.165, 1.54) is 12.1 Å². The van der Waals surface area contributed by atoms with Crippen LogP contribution in [0.2, 0.25) is 5.04 Å². The molecule has 1 saturated heterocycles. The second kappa shape index (κ2) is 10.7. The third-order valence-electron chi connectivity index (χ3n) is 7.25. The minimum absolute atomic E-state index is 0.249. The maximum absolute atomic E-state index is 14.0. The van der Waals surface area contributed by atoms with Crippen LogP contribution in [0.25, 0.3) is 0 Å². The summed E-state index contributed by atoms with van der Waals surface area (Å²) in [5, 5.41) is 12.5. The van der Waals surface area contributed by atoms with Crippen molar-refractivity contribution < 1.29 is 23.5 Å². The van der Waals surface area contributed by atoms with Gasteiger partial charge in [0.2, 0.25) is 6.29 Å². The Morgan fingerprint density at radius 1 is 0.974 bits per heavy atom. The molecule has 0 aliphatic carbocycles. The van der Waals surface area contributed by atoms with Crippen LogP contribution in [0.5, 0.6) is 0 Å². The second-order valence-electron chi connectivity index (χ2n) is 11.7. The van der Waals surface area contributed by atoms with E-state index in [-0.39, 0.29) is 17.4 Å². The Balaban J connectivity index is 1.88. The molecule has 0 saturated carbocycles. The zero-order valence-electron chi connectivity index (χ0n) is 23.0. The lowest BCUT2D eigenvalue weighted by Crippen LogP contribution is -2.68. The Morgan fingerprint density at radius 3 is 1.95 bits per heavy atom. The van der Waals surface area contributed by atoms with E-state index in [9.17, 15) is 14.3 Å². The van der Waals surface area contributed by atoms with Crippen LogP contribution in [0.1, 0.15) is 53.1 Å². The second-order valence-corrected chi connectivity index (χ2v) is 15.9. The molecule has 0 radical (unpaired) electrons. The van der Waals surface area contributed by atoms with Gasteiger partial charge in [0, 0.05) is 0 Å². The number of morpholine rings is 1. The van der Waals surface area contributed by atoms with Crippen LogP contribution < -0.4 is 10.4 Å². The molecular weight excluding hydrogens is 497 g/mol. The molecule has 3 aromatic rings. The molecule has 5 nitrogen and oxygen atoms in total. The van der Waals surface area contributed by atoms with E-state index in [0.717, 1.165) is 15.9 Å². The summed E-state index contributed by atoms with van der Waals surface area (Å²) in [4.78, 5) is 15.0. The van der Waals surface area contributed by atoms with E-state index in [4.69, 9.17) is 9.16 Å². The van der Waals surface area contributed by atoms with Gasteiger partial charge in [-0.1, -0.05) is 93.6 Å². The van der Waals surface area contributed by atoms with Crippen molar-refractivity contribution >= 4 is 24.6 Å². The number of carbonyl (C=O) groups is 1. The van der Waals surface area contributed by atoms with Gasteiger partial charge in [0.25, 0.3) is 14.2 Å².